The Hall–Kier alpha value is -1.52. The lowest BCUT2D eigenvalue weighted by molar-refractivity contribution is -0.117. The molecule has 9 nitrogen and oxygen atoms in total. The number of aromatic nitrogens is 2. The summed E-state index contributed by atoms with van der Waals surface area (Å²) in [5, 5.41) is 12.8. The number of amides is 1. The molecule has 2 atom stereocenters. The molecular formula is C11H16N4O5S. The van der Waals surface area contributed by atoms with Crippen LogP contribution in [0.1, 0.15) is 31.3 Å². The number of hydrogen-bond donors (Lipinski definition) is 1. The summed E-state index contributed by atoms with van der Waals surface area (Å²) >= 11 is 0. The molecule has 2 N–H and O–H groups in total. The van der Waals surface area contributed by atoms with Crippen molar-refractivity contribution in [1.82, 2.24) is 10.2 Å². The average Bonchev–Trinajstić information content (AvgIpc) is 3.06. The fourth-order valence-corrected chi connectivity index (χ4v) is 3.52. The molecule has 2 fully saturated rings. The minimum atomic E-state index is -3.61. The number of nitrogens with zero attached hydrogens (tertiary/aromatic N) is 3. The van der Waals surface area contributed by atoms with Gasteiger partial charge in [-0.05, 0) is 12.8 Å². The fourth-order valence-electron chi connectivity index (χ4n) is 2.64. The molecule has 2 aliphatic rings. The minimum Gasteiger partial charge on any atom is -0.405 e. The zero-order valence-electron chi connectivity index (χ0n) is 11.3. The van der Waals surface area contributed by atoms with E-state index in [0.29, 0.717) is 12.5 Å². The first-order chi connectivity index (χ1) is 9.92. The smallest absolute Gasteiger partial charge is 0.325 e. The van der Waals surface area contributed by atoms with E-state index in [9.17, 15) is 13.2 Å². The normalized spacial score (nSPS) is 26.7. The van der Waals surface area contributed by atoms with E-state index in [1.165, 1.54) is 4.90 Å². The predicted octanol–water partition coefficient (Wildman–Crippen LogP) is -0.437. The Labute approximate surface area is 121 Å². The molecule has 1 aromatic rings. The standard InChI is InChI=1S/C11H16N4O5S/c12-21(17,18)6-7-4-9(16)15(5-7)11-14-13-10(20-11)8-2-1-3-19-8/h7-8H,1-6H2,(H2,12,17,18). The summed E-state index contributed by atoms with van der Waals surface area (Å²) in [6.07, 6.45) is 1.63. The number of nitrogens with two attached hydrogens (primary N) is 1. The Morgan fingerprint density at radius 2 is 2.19 bits per heavy atom. The van der Waals surface area contributed by atoms with E-state index in [1.807, 2.05) is 0 Å². The molecule has 2 saturated heterocycles. The molecule has 3 heterocycles. The lowest BCUT2D eigenvalue weighted by Crippen LogP contribution is -2.27. The highest BCUT2D eigenvalue weighted by Gasteiger charge is 2.36. The van der Waals surface area contributed by atoms with Crippen molar-refractivity contribution in [2.75, 3.05) is 23.8 Å². The second kappa shape index (κ2) is 5.35. The van der Waals surface area contributed by atoms with Gasteiger partial charge in [-0.15, -0.1) is 5.10 Å². The minimum absolute atomic E-state index is 0.0856. The van der Waals surface area contributed by atoms with Gasteiger partial charge in [-0.1, -0.05) is 5.10 Å². The van der Waals surface area contributed by atoms with E-state index >= 15 is 0 Å². The van der Waals surface area contributed by atoms with Crippen LogP contribution in [0.3, 0.4) is 0 Å². The molecule has 1 aromatic heterocycles. The second-order valence-corrected chi connectivity index (χ2v) is 6.99. The molecule has 1 amide bonds. The van der Waals surface area contributed by atoms with Crippen molar-refractivity contribution >= 4 is 21.9 Å². The Morgan fingerprint density at radius 3 is 2.86 bits per heavy atom. The van der Waals surface area contributed by atoms with Crippen LogP contribution in [0.25, 0.3) is 0 Å². The SMILES string of the molecule is NS(=O)(=O)CC1CC(=O)N(c2nnc(C3CCCO3)o2)C1. The van der Waals surface area contributed by atoms with Crippen LogP contribution in [0.2, 0.25) is 0 Å². The summed E-state index contributed by atoms with van der Waals surface area (Å²) in [4.78, 5) is 13.2. The number of carbonyl (C=O) groups excluding carboxylic acids is 1. The first-order valence-corrected chi connectivity index (χ1v) is 8.40. The number of rotatable bonds is 4. The van der Waals surface area contributed by atoms with Crippen molar-refractivity contribution in [2.24, 2.45) is 11.1 Å². The van der Waals surface area contributed by atoms with Crippen LogP contribution in [-0.4, -0.2) is 43.4 Å². The van der Waals surface area contributed by atoms with Gasteiger partial charge in [0, 0.05) is 25.5 Å². The maximum absolute atomic E-state index is 11.9. The monoisotopic (exact) mass is 316 g/mol. The first kappa shape index (κ1) is 14.4. The Morgan fingerprint density at radius 1 is 1.38 bits per heavy atom. The summed E-state index contributed by atoms with van der Waals surface area (Å²) in [6, 6.07) is 0.0856. The van der Waals surface area contributed by atoms with Crippen molar-refractivity contribution in [3.05, 3.63) is 5.89 Å². The highest BCUT2D eigenvalue weighted by atomic mass is 32.2. The van der Waals surface area contributed by atoms with Gasteiger partial charge in [0.15, 0.2) is 0 Å². The summed E-state index contributed by atoms with van der Waals surface area (Å²) in [7, 11) is -3.61. The molecule has 21 heavy (non-hydrogen) atoms. The summed E-state index contributed by atoms with van der Waals surface area (Å²) < 4.78 is 33.1. The topological polar surface area (TPSA) is 129 Å². The third-order valence-electron chi connectivity index (χ3n) is 3.54. The molecule has 2 aliphatic heterocycles. The van der Waals surface area contributed by atoms with Gasteiger partial charge < -0.3 is 9.15 Å². The van der Waals surface area contributed by atoms with Crippen LogP contribution in [0.4, 0.5) is 6.01 Å². The predicted molar refractivity (Wildman–Crippen MR) is 70.7 cm³/mol. The highest BCUT2D eigenvalue weighted by molar-refractivity contribution is 7.89. The lowest BCUT2D eigenvalue weighted by atomic mass is 10.1. The van der Waals surface area contributed by atoms with Crippen LogP contribution < -0.4 is 10.0 Å². The number of sulfonamides is 1. The van der Waals surface area contributed by atoms with Crippen molar-refractivity contribution in [3.63, 3.8) is 0 Å². The van der Waals surface area contributed by atoms with Gasteiger partial charge in [-0.25, -0.2) is 13.6 Å². The number of anilines is 1. The highest BCUT2D eigenvalue weighted by Crippen LogP contribution is 2.31. The molecule has 0 saturated carbocycles. The van der Waals surface area contributed by atoms with Gasteiger partial charge in [0.25, 0.3) is 0 Å². The van der Waals surface area contributed by atoms with E-state index in [0.717, 1.165) is 12.8 Å². The fraction of sp³-hybridized carbons (Fsp3) is 0.727. The van der Waals surface area contributed by atoms with Crippen LogP contribution >= 0.6 is 0 Å². The van der Waals surface area contributed by atoms with Crippen molar-refractivity contribution in [3.8, 4) is 0 Å². The van der Waals surface area contributed by atoms with Crippen molar-refractivity contribution in [1.29, 1.82) is 0 Å². The summed E-state index contributed by atoms with van der Waals surface area (Å²) in [5.74, 6) is -0.482. The maximum Gasteiger partial charge on any atom is 0.325 e. The molecule has 0 aliphatic carbocycles. The van der Waals surface area contributed by atoms with Crippen LogP contribution in [-0.2, 0) is 19.6 Å². The van der Waals surface area contributed by atoms with Gasteiger partial charge in [-0.3, -0.25) is 9.69 Å². The summed E-state index contributed by atoms with van der Waals surface area (Å²) in [6.45, 7) is 0.865. The number of carbonyl (C=O) groups is 1. The molecule has 3 rings (SSSR count). The zero-order chi connectivity index (χ0) is 15.0. The Kier molecular flexibility index (Phi) is 3.68. The van der Waals surface area contributed by atoms with Gasteiger partial charge in [0.2, 0.25) is 21.8 Å². The number of ether oxygens (including phenoxy) is 1. The quantitative estimate of drug-likeness (QED) is 0.797. The molecule has 2 unspecified atom stereocenters. The molecule has 0 radical (unpaired) electrons. The molecule has 0 spiro atoms. The second-order valence-electron chi connectivity index (χ2n) is 5.33. The van der Waals surface area contributed by atoms with Gasteiger partial charge in [-0.2, -0.15) is 0 Å². The Bertz CT molecular complexity index is 637. The first-order valence-electron chi connectivity index (χ1n) is 6.68. The van der Waals surface area contributed by atoms with E-state index in [1.54, 1.807) is 0 Å². The molecular weight excluding hydrogens is 300 g/mol. The third-order valence-corrected chi connectivity index (χ3v) is 4.48. The molecule has 116 valence electrons. The van der Waals surface area contributed by atoms with Gasteiger partial charge in [0.05, 0.1) is 5.75 Å². The van der Waals surface area contributed by atoms with Crippen LogP contribution in [0, 0.1) is 5.92 Å². The average molecular weight is 316 g/mol. The number of hydrogen-bond acceptors (Lipinski definition) is 7. The van der Waals surface area contributed by atoms with E-state index in [4.69, 9.17) is 14.3 Å². The third kappa shape index (κ3) is 3.22. The van der Waals surface area contributed by atoms with Crippen molar-refractivity contribution < 1.29 is 22.4 Å². The van der Waals surface area contributed by atoms with E-state index < -0.39 is 10.0 Å². The van der Waals surface area contributed by atoms with E-state index in [-0.39, 0.29) is 42.7 Å². The van der Waals surface area contributed by atoms with Gasteiger partial charge in [0.1, 0.15) is 6.10 Å². The molecule has 0 bridgehead atoms. The van der Waals surface area contributed by atoms with Crippen LogP contribution in [0.15, 0.2) is 4.42 Å². The molecule has 0 aromatic carbocycles. The number of primary sulfonamides is 1. The zero-order valence-corrected chi connectivity index (χ0v) is 12.1. The lowest BCUT2D eigenvalue weighted by Gasteiger charge is -2.10. The largest absolute Gasteiger partial charge is 0.405 e. The van der Waals surface area contributed by atoms with E-state index in [2.05, 4.69) is 10.2 Å². The maximum atomic E-state index is 11.9. The Balaban J connectivity index is 1.70. The van der Waals surface area contributed by atoms with Crippen molar-refractivity contribution in [2.45, 2.75) is 25.4 Å². The van der Waals surface area contributed by atoms with Gasteiger partial charge >= 0.3 is 6.01 Å². The summed E-state index contributed by atoms with van der Waals surface area (Å²) in [5.41, 5.74) is 0. The van der Waals surface area contributed by atoms with Crippen LogP contribution in [0.5, 0.6) is 0 Å². The molecule has 10 heteroatoms.